The van der Waals surface area contributed by atoms with Crippen LogP contribution >= 0.6 is 0 Å². The van der Waals surface area contributed by atoms with E-state index in [-0.39, 0.29) is 25.9 Å². The number of carbonyl (C=O) groups excluding carboxylic acids is 1. The van der Waals surface area contributed by atoms with Crippen molar-refractivity contribution >= 4 is 5.97 Å². The molecule has 0 aromatic rings. The second-order valence-corrected chi connectivity index (χ2v) is 3.46. The van der Waals surface area contributed by atoms with Gasteiger partial charge in [0.05, 0.1) is 19.8 Å². The fourth-order valence-electron chi connectivity index (χ4n) is 1.68. The maximum absolute atomic E-state index is 11.3. The average Bonchev–Trinajstić information content (AvgIpc) is 2.60. The molecule has 0 spiro atoms. The first-order chi connectivity index (χ1) is 7.22. The highest BCUT2D eigenvalue weighted by atomic mass is 16.7. The summed E-state index contributed by atoms with van der Waals surface area (Å²) in [6, 6.07) is 0. The summed E-state index contributed by atoms with van der Waals surface area (Å²) in [6.07, 6.45) is -2.52. The first kappa shape index (κ1) is 10.8. The summed E-state index contributed by atoms with van der Waals surface area (Å²) in [6.45, 7) is 2.44. The van der Waals surface area contributed by atoms with Gasteiger partial charge in [-0.3, -0.25) is 0 Å². The van der Waals surface area contributed by atoms with Crippen molar-refractivity contribution in [1.29, 1.82) is 0 Å². The molecule has 2 rings (SSSR count). The van der Waals surface area contributed by atoms with Gasteiger partial charge in [0.1, 0.15) is 18.3 Å². The van der Waals surface area contributed by atoms with E-state index in [1.54, 1.807) is 6.92 Å². The van der Waals surface area contributed by atoms with Crippen LogP contribution in [0.3, 0.4) is 0 Å². The van der Waals surface area contributed by atoms with Gasteiger partial charge in [-0.25, -0.2) is 4.79 Å². The number of esters is 1. The van der Waals surface area contributed by atoms with Crippen LogP contribution in [-0.2, 0) is 23.7 Å². The number of fused-ring (bicyclic) bond motifs is 1. The first-order valence-corrected chi connectivity index (χ1v) is 4.95. The molecule has 2 aliphatic rings. The Morgan fingerprint density at radius 3 is 3.00 bits per heavy atom. The van der Waals surface area contributed by atoms with E-state index in [1.165, 1.54) is 0 Å². The minimum absolute atomic E-state index is 0.217. The Morgan fingerprint density at radius 1 is 1.47 bits per heavy atom. The van der Waals surface area contributed by atoms with E-state index in [2.05, 4.69) is 0 Å². The van der Waals surface area contributed by atoms with Crippen LogP contribution in [0, 0.1) is 0 Å². The normalized spacial score (nSPS) is 39.9. The predicted octanol–water partition coefficient (Wildman–Crippen LogP) is -0.949. The Balaban J connectivity index is 1.93. The Bertz CT molecular complexity index is 243. The zero-order chi connectivity index (χ0) is 10.8. The van der Waals surface area contributed by atoms with Crippen LogP contribution in [0.4, 0.5) is 0 Å². The van der Waals surface area contributed by atoms with Gasteiger partial charge in [-0.2, -0.15) is 0 Å². The molecule has 0 bridgehead atoms. The average molecular weight is 218 g/mol. The number of carbonyl (C=O) groups is 1. The van der Waals surface area contributed by atoms with Crippen molar-refractivity contribution < 1.29 is 28.8 Å². The van der Waals surface area contributed by atoms with Crippen LogP contribution in [0.2, 0.25) is 0 Å². The highest BCUT2D eigenvalue weighted by Crippen LogP contribution is 2.25. The van der Waals surface area contributed by atoms with Gasteiger partial charge in [0, 0.05) is 0 Å². The summed E-state index contributed by atoms with van der Waals surface area (Å²) in [7, 11) is 0. The molecule has 4 atom stereocenters. The van der Waals surface area contributed by atoms with E-state index in [1.807, 2.05) is 0 Å². The molecule has 2 aliphatic heterocycles. The smallest absolute Gasteiger partial charge is 0.363 e. The van der Waals surface area contributed by atoms with Crippen molar-refractivity contribution in [2.45, 2.75) is 31.5 Å². The van der Waals surface area contributed by atoms with Gasteiger partial charge in [-0.05, 0) is 6.92 Å². The molecule has 2 saturated heterocycles. The quantitative estimate of drug-likeness (QED) is 0.602. The summed E-state index contributed by atoms with van der Waals surface area (Å²) in [4.78, 5) is 11.3. The van der Waals surface area contributed by atoms with Crippen molar-refractivity contribution in [3.05, 3.63) is 0 Å². The zero-order valence-corrected chi connectivity index (χ0v) is 8.42. The third-order valence-electron chi connectivity index (χ3n) is 2.40. The molecule has 2 heterocycles. The number of aliphatic hydroxyl groups excluding tert-OH is 1. The molecule has 0 aromatic carbocycles. The van der Waals surface area contributed by atoms with Gasteiger partial charge in [-0.1, -0.05) is 0 Å². The van der Waals surface area contributed by atoms with E-state index in [9.17, 15) is 9.90 Å². The summed E-state index contributed by atoms with van der Waals surface area (Å²) in [5.41, 5.74) is 0. The third kappa shape index (κ3) is 2.12. The van der Waals surface area contributed by atoms with E-state index in [0.29, 0.717) is 0 Å². The Hall–Kier alpha value is -0.690. The predicted molar refractivity (Wildman–Crippen MR) is 47.0 cm³/mol. The van der Waals surface area contributed by atoms with Gasteiger partial charge in [0.2, 0.25) is 0 Å². The molecule has 0 saturated carbocycles. The molecule has 6 heteroatoms. The van der Waals surface area contributed by atoms with Crippen LogP contribution in [0.15, 0.2) is 0 Å². The molecule has 1 N–H and O–H groups in total. The van der Waals surface area contributed by atoms with Crippen LogP contribution in [0.25, 0.3) is 0 Å². The van der Waals surface area contributed by atoms with Crippen molar-refractivity contribution in [2.24, 2.45) is 0 Å². The Labute approximate surface area is 87.1 Å². The lowest BCUT2D eigenvalue weighted by atomic mass is 10.1. The maximum atomic E-state index is 11.3. The molecular formula is C9H14O6. The Kier molecular flexibility index (Phi) is 3.20. The number of hydrogen-bond donors (Lipinski definition) is 1. The summed E-state index contributed by atoms with van der Waals surface area (Å²) < 4.78 is 20.3. The van der Waals surface area contributed by atoms with E-state index >= 15 is 0 Å². The topological polar surface area (TPSA) is 74.2 Å². The number of ether oxygens (including phenoxy) is 4. The van der Waals surface area contributed by atoms with Crippen LogP contribution in [0.5, 0.6) is 0 Å². The van der Waals surface area contributed by atoms with Crippen molar-refractivity contribution in [3.8, 4) is 0 Å². The summed E-state index contributed by atoms with van der Waals surface area (Å²) >= 11 is 0. The highest BCUT2D eigenvalue weighted by molar-refractivity contribution is 5.73. The zero-order valence-electron chi connectivity index (χ0n) is 8.42. The van der Waals surface area contributed by atoms with Gasteiger partial charge < -0.3 is 24.1 Å². The van der Waals surface area contributed by atoms with E-state index in [4.69, 9.17) is 18.9 Å². The van der Waals surface area contributed by atoms with Crippen molar-refractivity contribution in [2.75, 3.05) is 19.8 Å². The minimum Gasteiger partial charge on any atom is -0.462 e. The molecule has 0 aliphatic carbocycles. The van der Waals surface area contributed by atoms with Gasteiger partial charge in [0.15, 0.2) is 0 Å². The molecule has 0 amide bonds. The van der Waals surface area contributed by atoms with Gasteiger partial charge >= 0.3 is 5.97 Å². The maximum Gasteiger partial charge on any atom is 0.363 e. The van der Waals surface area contributed by atoms with Crippen LogP contribution in [-0.4, -0.2) is 55.5 Å². The molecule has 15 heavy (non-hydrogen) atoms. The van der Waals surface area contributed by atoms with Crippen LogP contribution < -0.4 is 0 Å². The monoisotopic (exact) mass is 218 g/mol. The number of rotatable bonds is 2. The highest BCUT2D eigenvalue weighted by Gasteiger charge is 2.44. The molecule has 0 radical (unpaired) electrons. The molecule has 6 nitrogen and oxygen atoms in total. The minimum atomic E-state index is -1.04. The van der Waals surface area contributed by atoms with E-state index in [0.717, 1.165) is 0 Å². The van der Waals surface area contributed by atoms with Crippen molar-refractivity contribution in [3.63, 3.8) is 0 Å². The first-order valence-electron chi connectivity index (χ1n) is 4.95. The third-order valence-corrected chi connectivity index (χ3v) is 2.40. The fourth-order valence-corrected chi connectivity index (χ4v) is 1.68. The molecule has 0 unspecified atom stereocenters. The lowest BCUT2D eigenvalue weighted by molar-refractivity contribution is -0.252. The standard InChI is InChI=1S/C9H14O6/c1-2-12-8(11)9-14-4-6-7(15-9)5(10)3-13-6/h5-7,9-10H,2-4H2,1H3/t5-,6+,7+,9-/m1/s1. The number of aliphatic hydroxyl groups is 1. The van der Waals surface area contributed by atoms with Gasteiger partial charge in [0.25, 0.3) is 6.29 Å². The van der Waals surface area contributed by atoms with Gasteiger partial charge in [-0.15, -0.1) is 0 Å². The lowest BCUT2D eigenvalue weighted by Gasteiger charge is -2.30. The molecular weight excluding hydrogens is 204 g/mol. The van der Waals surface area contributed by atoms with E-state index < -0.39 is 24.5 Å². The number of hydrogen-bond acceptors (Lipinski definition) is 6. The molecule has 2 fully saturated rings. The SMILES string of the molecule is CCOC(=O)[C@@H]1OC[C@@H]2OC[C@@H](O)[C@@H]2O1. The Morgan fingerprint density at radius 2 is 2.27 bits per heavy atom. The summed E-state index contributed by atoms with van der Waals surface area (Å²) in [5, 5.41) is 9.50. The second-order valence-electron chi connectivity index (χ2n) is 3.46. The van der Waals surface area contributed by atoms with Crippen LogP contribution in [0.1, 0.15) is 6.92 Å². The molecule has 86 valence electrons. The molecule has 0 aromatic heterocycles. The fraction of sp³-hybridized carbons (Fsp3) is 0.889. The van der Waals surface area contributed by atoms with Crippen molar-refractivity contribution in [1.82, 2.24) is 0 Å². The largest absolute Gasteiger partial charge is 0.462 e. The second kappa shape index (κ2) is 4.44. The lowest BCUT2D eigenvalue weighted by Crippen LogP contribution is -2.48. The summed E-state index contributed by atoms with van der Waals surface area (Å²) in [5.74, 6) is -0.560.